The first-order valence-corrected chi connectivity index (χ1v) is 7.22. The van der Waals surface area contributed by atoms with Gasteiger partial charge in [0.2, 0.25) is 11.8 Å². The minimum atomic E-state index is -0.863. The zero-order chi connectivity index (χ0) is 15.3. The lowest BCUT2D eigenvalue weighted by Gasteiger charge is -2.23. The second-order valence-electron chi connectivity index (χ2n) is 5.38. The summed E-state index contributed by atoms with van der Waals surface area (Å²) in [5.74, 6) is -0.288. The van der Waals surface area contributed by atoms with Crippen molar-refractivity contribution < 1.29 is 14.3 Å². The highest BCUT2D eigenvalue weighted by atomic mass is 16.5. The zero-order valence-electron chi connectivity index (χ0n) is 12.6. The Kier molecular flexibility index (Phi) is 4.96. The van der Waals surface area contributed by atoms with Gasteiger partial charge in [0.1, 0.15) is 5.41 Å². The smallest absolute Gasteiger partial charge is 0.242 e. The van der Waals surface area contributed by atoms with E-state index < -0.39 is 5.41 Å². The highest BCUT2D eigenvalue weighted by molar-refractivity contribution is 6.13. The van der Waals surface area contributed by atoms with Crippen molar-refractivity contribution in [1.82, 2.24) is 5.32 Å². The summed E-state index contributed by atoms with van der Waals surface area (Å²) >= 11 is 0. The average Bonchev–Trinajstić information content (AvgIpc) is 3.32. The van der Waals surface area contributed by atoms with E-state index in [0.717, 1.165) is 12.1 Å². The number of amides is 2. The van der Waals surface area contributed by atoms with Crippen LogP contribution >= 0.6 is 0 Å². The van der Waals surface area contributed by atoms with Crippen LogP contribution in [0.5, 0.6) is 0 Å². The third-order valence-corrected chi connectivity index (χ3v) is 3.85. The molecule has 0 aromatic heterocycles. The molecule has 1 aromatic rings. The summed E-state index contributed by atoms with van der Waals surface area (Å²) < 4.78 is 4.94. The molecule has 1 aliphatic carbocycles. The van der Waals surface area contributed by atoms with Gasteiger partial charge in [0.25, 0.3) is 0 Å². The van der Waals surface area contributed by atoms with Gasteiger partial charge in [-0.2, -0.15) is 0 Å². The third kappa shape index (κ3) is 3.42. The zero-order valence-corrected chi connectivity index (χ0v) is 12.6. The largest absolute Gasteiger partial charge is 0.385 e. The molecule has 0 radical (unpaired) electrons. The molecular weight excluding hydrogens is 268 g/mol. The Morgan fingerprint density at radius 3 is 2.52 bits per heavy atom. The maximum Gasteiger partial charge on any atom is 0.242 e. The lowest BCUT2D eigenvalue weighted by molar-refractivity contribution is -0.135. The Bertz CT molecular complexity index is 498. The molecule has 1 N–H and O–H groups in total. The molecule has 5 nitrogen and oxygen atoms in total. The number of nitrogens with one attached hydrogen (secondary N) is 1. The summed E-state index contributed by atoms with van der Waals surface area (Å²) in [7, 11) is 3.35. The quantitative estimate of drug-likeness (QED) is 0.613. The van der Waals surface area contributed by atoms with Crippen molar-refractivity contribution in [3.63, 3.8) is 0 Å². The van der Waals surface area contributed by atoms with Crippen molar-refractivity contribution in [1.29, 1.82) is 0 Å². The second kappa shape index (κ2) is 6.72. The van der Waals surface area contributed by atoms with Crippen LogP contribution in [0.25, 0.3) is 0 Å². The molecule has 0 heterocycles. The molecule has 0 spiro atoms. The molecule has 1 fully saturated rings. The van der Waals surface area contributed by atoms with Crippen molar-refractivity contribution in [3.05, 3.63) is 30.3 Å². The first-order chi connectivity index (χ1) is 10.1. The number of rotatable bonds is 7. The van der Waals surface area contributed by atoms with Crippen LogP contribution in [0.4, 0.5) is 5.69 Å². The van der Waals surface area contributed by atoms with Crippen molar-refractivity contribution in [3.8, 4) is 0 Å². The fraction of sp³-hybridized carbons (Fsp3) is 0.500. The molecule has 1 aromatic carbocycles. The van der Waals surface area contributed by atoms with Crippen LogP contribution in [0.1, 0.15) is 19.3 Å². The molecule has 114 valence electrons. The van der Waals surface area contributed by atoms with E-state index in [9.17, 15) is 9.59 Å². The number of carbonyl (C=O) groups is 2. The lowest BCUT2D eigenvalue weighted by atomic mass is 10.0. The Labute approximate surface area is 125 Å². The van der Waals surface area contributed by atoms with Crippen LogP contribution in [0.15, 0.2) is 30.3 Å². The number of methoxy groups -OCH3 is 1. The standard InChI is InChI=1S/C16H22N2O3/c1-18(13-7-4-3-5-8-13)15(20)16(9-10-16)14(19)17-11-6-12-21-2/h3-5,7-8H,6,9-12H2,1-2H3,(H,17,19). The predicted octanol–water partition coefficient (Wildman–Crippen LogP) is 1.58. The van der Waals surface area contributed by atoms with E-state index in [4.69, 9.17) is 4.74 Å². The van der Waals surface area contributed by atoms with E-state index in [1.165, 1.54) is 0 Å². The molecule has 21 heavy (non-hydrogen) atoms. The predicted molar refractivity (Wildman–Crippen MR) is 81.0 cm³/mol. The summed E-state index contributed by atoms with van der Waals surface area (Å²) in [6.07, 6.45) is 2.00. The number of carbonyl (C=O) groups excluding carboxylic acids is 2. The molecule has 0 aliphatic heterocycles. The molecule has 0 saturated heterocycles. The van der Waals surface area contributed by atoms with Gasteiger partial charge >= 0.3 is 0 Å². The van der Waals surface area contributed by atoms with Gasteiger partial charge in [-0.15, -0.1) is 0 Å². The highest BCUT2D eigenvalue weighted by Crippen LogP contribution is 2.47. The summed E-state index contributed by atoms with van der Waals surface area (Å²) in [6.45, 7) is 1.14. The first kappa shape index (κ1) is 15.5. The third-order valence-electron chi connectivity index (χ3n) is 3.85. The highest BCUT2D eigenvalue weighted by Gasteiger charge is 2.57. The number of anilines is 1. The van der Waals surface area contributed by atoms with Crippen molar-refractivity contribution in [2.45, 2.75) is 19.3 Å². The number of nitrogens with zero attached hydrogens (tertiary/aromatic N) is 1. The van der Waals surface area contributed by atoms with E-state index in [-0.39, 0.29) is 11.8 Å². The average molecular weight is 290 g/mol. The Hall–Kier alpha value is -1.88. The van der Waals surface area contributed by atoms with Crippen LogP contribution in [-0.2, 0) is 14.3 Å². The first-order valence-electron chi connectivity index (χ1n) is 7.22. The van der Waals surface area contributed by atoms with E-state index >= 15 is 0 Å². The van der Waals surface area contributed by atoms with Crippen LogP contribution in [0.3, 0.4) is 0 Å². The fourth-order valence-electron chi connectivity index (χ4n) is 2.34. The van der Waals surface area contributed by atoms with E-state index in [1.807, 2.05) is 30.3 Å². The number of para-hydroxylation sites is 1. The summed E-state index contributed by atoms with van der Waals surface area (Å²) in [6, 6.07) is 9.39. The molecule has 0 atom stereocenters. The number of hydrogen-bond acceptors (Lipinski definition) is 3. The van der Waals surface area contributed by atoms with Gasteiger partial charge in [0.15, 0.2) is 0 Å². The summed E-state index contributed by atoms with van der Waals surface area (Å²) in [5.41, 5.74) is -0.0570. The summed E-state index contributed by atoms with van der Waals surface area (Å²) in [4.78, 5) is 26.4. The molecular formula is C16H22N2O3. The lowest BCUT2D eigenvalue weighted by Crippen LogP contribution is -2.44. The van der Waals surface area contributed by atoms with Gasteiger partial charge in [0, 0.05) is 33.0 Å². The topological polar surface area (TPSA) is 58.6 Å². The molecule has 5 heteroatoms. The van der Waals surface area contributed by atoms with Gasteiger partial charge in [-0.1, -0.05) is 18.2 Å². The Balaban J connectivity index is 1.96. The monoisotopic (exact) mass is 290 g/mol. The van der Waals surface area contributed by atoms with Crippen LogP contribution in [0, 0.1) is 5.41 Å². The van der Waals surface area contributed by atoms with Crippen molar-refractivity contribution in [2.75, 3.05) is 32.2 Å². The van der Waals surface area contributed by atoms with E-state index in [2.05, 4.69) is 5.32 Å². The van der Waals surface area contributed by atoms with Gasteiger partial charge in [-0.25, -0.2) is 0 Å². The second-order valence-corrected chi connectivity index (χ2v) is 5.38. The maximum absolute atomic E-state index is 12.6. The number of hydrogen-bond donors (Lipinski definition) is 1. The van der Waals surface area contributed by atoms with Gasteiger partial charge < -0.3 is 15.0 Å². The van der Waals surface area contributed by atoms with E-state index in [0.29, 0.717) is 26.0 Å². The molecule has 1 aliphatic rings. The fourth-order valence-corrected chi connectivity index (χ4v) is 2.34. The van der Waals surface area contributed by atoms with Crippen LogP contribution in [-0.4, -0.2) is 39.1 Å². The normalized spacial score (nSPS) is 15.3. The van der Waals surface area contributed by atoms with E-state index in [1.54, 1.807) is 19.1 Å². The van der Waals surface area contributed by atoms with Crippen LogP contribution < -0.4 is 10.2 Å². The van der Waals surface area contributed by atoms with Gasteiger partial charge in [0.05, 0.1) is 0 Å². The molecule has 2 rings (SSSR count). The maximum atomic E-state index is 12.6. The molecule has 1 saturated carbocycles. The Morgan fingerprint density at radius 2 is 1.95 bits per heavy atom. The van der Waals surface area contributed by atoms with Gasteiger partial charge in [-0.05, 0) is 31.4 Å². The van der Waals surface area contributed by atoms with Crippen molar-refractivity contribution >= 4 is 17.5 Å². The SMILES string of the molecule is COCCCNC(=O)C1(C(=O)N(C)c2ccccc2)CC1. The number of ether oxygens (including phenoxy) is 1. The molecule has 0 unspecified atom stereocenters. The molecule has 0 bridgehead atoms. The minimum absolute atomic E-state index is 0.127. The minimum Gasteiger partial charge on any atom is -0.385 e. The molecule has 2 amide bonds. The van der Waals surface area contributed by atoms with Crippen molar-refractivity contribution in [2.24, 2.45) is 5.41 Å². The number of benzene rings is 1. The van der Waals surface area contributed by atoms with Crippen LogP contribution in [0.2, 0.25) is 0 Å². The summed E-state index contributed by atoms with van der Waals surface area (Å²) in [5, 5.41) is 2.84. The van der Waals surface area contributed by atoms with Gasteiger partial charge in [-0.3, -0.25) is 9.59 Å². The Morgan fingerprint density at radius 1 is 1.29 bits per heavy atom.